The van der Waals surface area contributed by atoms with Gasteiger partial charge in [-0.15, -0.1) is 0 Å². The lowest BCUT2D eigenvalue weighted by molar-refractivity contribution is 0.0683. The molecule has 0 unspecified atom stereocenters. The summed E-state index contributed by atoms with van der Waals surface area (Å²) in [5.74, 6) is -0.673. The van der Waals surface area contributed by atoms with E-state index in [-0.39, 0.29) is 5.82 Å². The molecule has 2 heterocycles. The van der Waals surface area contributed by atoms with Gasteiger partial charge in [-0.25, -0.2) is 19.7 Å². The average Bonchev–Trinajstić information content (AvgIpc) is 2.84. The van der Waals surface area contributed by atoms with Gasteiger partial charge in [0.05, 0.1) is 5.52 Å². The van der Waals surface area contributed by atoms with E-state index in [1.165, 1.54) is 23.3 Å². The van der Waals surface area contributed by atoms with Crippen molar-refractivity contribution in [1.82, 2.24) is 19.3 Å². The van der Waals surface area contributed by atoms with Crippen molar-refractivity contribution >= 4 is 40.2 Å². The highest BCUT2D eigenvalue weighted by molar-refractivity contribution is 8.01. The van der Waals surface area contributed by atoms with Crippen LogP contribution in [0.25, 0.3) is 10.9 Å². The minimum atomic E-state index is -1.15. The number of benzene rings is 1. The van der Waals surface area contributed by atoms with E-state index in [9.17, 15) is 4.79 Å². The lowest BCUT2D eigenvalue weighted by Crippen LogP contribution is -2.05. The Balaban J connectivity index is 2.14. The van der Waals surface area contributed by atoms with Crippen molar-refractivity contribution in [1.29, 1.82) is 0 Å². The molecular weight excluding hydrogens is 296 g/mol. The first-order valence-electron chi connectivity index (χ1n) is 5.62. The highest BCUT2D eigenvalue weighted by atomic mass is 32.2. The molecule has 0 aliphatic carbocycles. The Labute approximate surface area is 122 Å². The molecule has 0 aliphatic heterocycles. The third kappa shape index (κ3) is 2.47. The fraction of sp³-hybridized carbons (Fsp3) is 0.0833. The van der Waals surface area contributed by atoms with E-state index in [1.807, 2.05) is 18.2 Å². The Hall–Kier alpha value is -2.06. The van der Waals surface area contributed by atoms with Crippen LogP contribution in [-0.2, 0) is 0 Å². The Bertz CT molecular complexity index is 803. The predicted octanol–water partition coefficient (Wildman–Crippen LogP) is 2.64. The van der Waals surface area contributed by atoms with E-state index in [1.54, 1.807) is 13.0 Å². The van der Waals surface area contributed by atoms with Crippen LogP contribution in [0.4, 0.5) is 0 Å². The molecular formula is C12H8N4O2S2. The molecule has 6 nitrogen and oxygen atoms in total. The van der Waals surface area contributed by atoms with Gasteiger partial charge in [-0.1, -0.05) is 18.2 Å². The molecule has 1 N–H and O–H groups in total. The van der Waals surface area contributed by atoms with Crippen LogP contribution in [-0.4, -0.2) is 30.4 Å². The second kappa shape index (κ2) is 5.14. The minimum Gasteiger partial charge on any atom is -0.475 e. The number of aromatic carboxylic acids is 1. The normalized spacial score (nSPS) is 10.8. The molecule has 3 rings (SSSR count). The van der Waals surface area contributed by atoms with Crippen LogP contribution in [0.2, 0.25) is 0 Å². The molecule has 0 saturated heterocycles. The van der Waals surface area contributed by atoms with Gasteiger partial charge >= 0.3 is 5.97 Å². The number of nitrogens with zero attached hydrogens (tertiary/aromatic N) is 4. The Morgan fingerprint density at radius 3 is 2.75 bits per heavy atom. The summed E-state index contributed by atoms with van der Waals surface area (Å²) in [7, 11) is 0. The maximum absolute atomic E-state index is 11.1. The lowest BCUT2D eigenvalue weighted by atomic mass is 10.2. The number of carboxylic acids is 1. The number of aromatic nitrogens is 4. The minimum absolute atomic E-state index is 0.215. The first kappa shape index (κ1) is 12.9. The molecule has 100 valence electrons. The smallest absolute Gasteiger partial charge is 0.373 e. The van der Waals surface area contributed by atoms with Gasteiger partial charge in [-0.2, -0.15) is 4.37 Å². The molecule has 0 amide bonds. The summed E-state index contributed by atoms with van der Waals surface area (Å²) in [6.07, 6.45) is 0. The van der Waals surface area contributed by atoms with E-state index < -0.39 is 5.97 Å². The topological polar surface area (TPSA) is 88.9 Å². The van der Waals surface area contributed by atoms with Gasteiger partial charge < -0.3 is 5.11 Å². The van der Waals surface area contributed by atoms with Crippen LogP contribution in [0.3, 0.4) is 0 Å². The summed E-state index contributed by atoms with van der Waals surface area (Å²) >= 11 is 2.56. The summed E-state index contributed by atoms with van der Waals surface area (Å²) in [4.78, 5) is 23.5. The summed E-state index contributed by atoms with van der Waals surface area (Å²) in [6, 6.07) is 7.29. The van der Waals surface area contributed by atoms with E-state index in [0.717, 1.165) is 9.73 Å². The Morgan fingerprint density at radius 2 is 2.05 bits per heavy atom. The molecule has 8 heteroatoms. The van der Waals surface area contributed by atoms with Crippen molar-refractivity contribution in [3.8, 4) is 0 Å². The molecule has 0 spiro atoms. The summed E-state index contributed by atoms with van der Waals surface area (Å²) in [6.45, 7) is 1.81. The third-order valence-corrected chi connectivity index (χ3v) is 4.30. The number of aryl methyl sites for hydroxylation is 1. The number of carboxylic acid groups (broad SMARTS) is 1. The number of para-hydroxylation sites is 1. The molecule has 3 aromatic rings. The van der Waals surface area contributed by atoms with Gasteiger partial charge in [0.15, 0.2) is 4.34 Å². The summed E-state index contributed by atoms with van der Waals surface area (Å²) in [5.41, 5.74) is 0.601. The van der Waals surface area contributed by atoms with E-state index >= 15 is 0 Å². The zero-order chi connectivity index (χ0) is 14.1. The quantitative estimate of drug-likeness (QED) is 0.744. The van der Waals surface area contributed by atoms with Gasteiger partial charge in [0.1, 0.15) is 10.9 Å². The number of fused-ring (bicyclic) bond motifs is 1. The van der Waals surface area contributed by atoms with Gasteiger partial charge in [-0.05, 0) is 36.3 Å². The van der Waals surface area contributed by atoms with Gasteiger partial charge in [0, 0.05) is 5.39 Å². The van der Waals surface area contributed by atoms with Crippen LogP contribution in [0.1, 0.15) is 16.4 Å². The fourth-order valence-electron chi connectivity index (χ4n) is 1.62. The summed E-state index contributed by atoms with van der Waals surface area (Å²) < 4.78 is 4.83. The molecule has 0 bridgehead atoms. The van der Waals surface area contributed by atoms with Gasteiger partial charge in [0.2, 0.25) is 5.82 Å². The Morgan fingerprint density at radius 1 is 1.25 bits per heavy atom. The van der Waals surface area contributed by atoms with Crippen molar-refractivity contribution in [2.24, 2.45) is 0 Å². The van der Waals surface area contributed by atoms with Crippen molar-refractivity contribution in [2.75, 3.05) is 0 Å². The maximum atomic E-state index is 11.1. The molecule has 0 saturated carbocycles. The van der Waals surface area contributed by atoms with Gasteiger partial charge in [0.25, 0.3) is 0 Å². The molecule has 0 aliphatic rings. The number of rotatable bonds is 3. The van der Waals surface area contributed by atoms with Crippen LogP contribution < -0.4 is 0 Å². The standard InChI is InChI=1S/C12H8N4O2S2/c1-6-13-12(20-16-6)19-10-7-4-2-3-5-8(7)14-9(15-10)11(17)18/h2-5H,1H3,(H,17,18). The largest absolute Gasteiger partial charge is 0.475 e. The average molecular weight is 304 g/mol. The third-order valence-electron chi connectivity index (χ3n) is 2.45. The molecule has 2 aromatic heterocycles. The molecule has 1 aromatic carbocycles. The zero-order valence-corrected chi connectivity index (χ0v) is 11.9. The molecule has 0 radical (unpaired) electrons. The highest BCUT2D eigenvalue weighted by Gasteiger charge is 2.14. The maximum Gasteiger partial charge on any atom is 0.373 e. The first-order valence-corrected chi connectivity index (χ1v) is 7.21. The number of hydrogen-bond acceptors (Lipinski definition) is 7. The zero-order valence-electron chi connectivity index (χ0n) is 10.3. The monoisotopic (exact) mass is 304 g/mol. The van der Waals surface area contributed by atoms with Gasteiger partial charge in [-0.3, -0.25) is 0 Å². The van der Waals surface area contributed by atoms with E-state index in [4.69, 9.17) is 5.11 Å². The second-order valence-electron chi connectivity index (χ2n) is 3.88. The molecule has 0 fully saturated rings. The van der Waals surface area contributed by atoms with Crippen molar-refractivity contribution in [3.63, 3.8) is 0 Å². The number of carbonyl (C=O) groups is 1. The fourth-order valence-corrected chi connectivity index (χ4v) is 3.30. The van der Waals surface area contributed by atoms with Crippen molar-refractivity contribution < 1.29 is 9.90 Å². The van der Waals surface area contributed by atoms with Crippen LogP contribution in [0, 0.1) is 6.92 Å². The van der Waals surface area contributed by atoms with E-state index in [2.05, 4.69) is 19.3 Å². The highest BCUT2D eigenvalue weighted by Crippen LogP contribution is 2.32. The van der Waals surface area contributed by atoms with Crippen LogP contribution in [0.15, 0.2) is 33.6 Å². The Kier molecular flexibility index (Phi) is 3.33. The van der Waals surface area contributed by atoms with Crippen molar-refractivity contribution in [3.05, 3.63) is 35.9 Å². The first-order chi connectivity index (χ1) is 9.63. The molecule has 0 atom stereocenters. The summed E-state index contributed by atoms with van der Waals surface area (Å²) in [5, 5.41) is 10.5. The predicted molar refractivity (Wildman–Crippen MR) is 75.3 cm³/mol. The SMILES string of the molecule is Cc1nsc(Sc2nc(C(=O)O)nc3ccccc23)n1. The van der Waals surface area contributed by atoms with Crippen molar-refractivity contribution in [2.45, 2.75) is 16.3 Å². The lowest BCUT2D eigenvalue weighted by Gasteiger charge is -2.04. The van der Waals surface area contributed by atoms with Crippen LogP contribution >= 0.6 is 23.3 Å². The number of hydrogen-bond donors (Lipinski definition) is 1. The van der Waals surface area contributed by atoms with Crippen LogP contribution in [0.5, 0.6) is 0 Å². The van der Waals surface area contributed by atoms with E-state index in [0.29, 0.717) is 16.4 Å². The molecule has 20 heavy (non-hydrogen) atoms. The second-order valence-corrected chi connectivity index (χ2v) is 5.87.